The van der Waals surface area contributed by atoms with E-state index < -0.39 is 0 Å². The third-order valence-electron chi connectivity index (χ3n) is 3.57. The fourth-order valence-electron chi connectivity index (χ4n) is 2.34. The minimum absolute atomic E-state index is 0.0393. The predicted octanol–water partition coefficient (Wildman–Crippen LogP) is 1.75. The molecule has 1 aromatic rings. The second kappa shape index (κ2) is 6.81. The van der Waals surface area contributed by atoms with Crippen LogP contribution in [0, 0.1) is 17.7 Å². The molecule has 1 aliphatic heterocycles. The number of benzene rings is 1. The maximum Gasteiger partial charge on any atom is 0.226 e. The molecule has 0 saturated carbocycles. The summed E-state index contributed by atoms with van der Waals surface area (Å²) in [5.74, 6) is 0.172. The highest BCUT2D eigenvalue weighted by Gasteiger charge is 2.33. The first kappa shape index (κ1) is 14.9. The molecule has 20 heavy (non-hydrogen) atoms. The molecule has 1 saturated heterocycles. The molecule has 2 unspecified atom stereocenters. The van der Waals surface area contributed by atoms with Crippen molar-refractivity contribution in [3.8, 4) is 0 Å². The first-order valence-electron chi connectivity index (χ1n) is 7.09. The third-order valence-corrected chi connectivity index (χ3v) is 3.57. The molecule has 1 aliphatic rings. The summed E-state index contributed by atoms with van der Waals surface area (Å²) in [5, 5.41) is 2.97. The standard InChI is InChI=1S/C15H22FN3O/c1-10(2)7-8-17-15(20)13-9-18-19-14(13)11-3-5-12(16)6-4-11/h3-6,10,13-14,18-19H,7-9H2,1-2H3,(H,17,20). The summed E-state index contributed by atoms with van der Waals surface area (Å²) in [6, 6.07) is 6.16. The summed E-state index contributed by atoms with van der Waals surface area (Å²) < 4.78 is 13.0. The van der Waals surface area contributed by atoms with Crippen molar-refractivity contribution in [2.24, 2.45) is 11.8 Å². The van der Waals surface area contributed by atoms with E-state index in [0.29, 0.717) is 19.0 Å². The van der Waals surface area contributed by atoms with E-state index in [1.807, 2.05) is 0 Å². The van der Waals surface area contributed by atoms with Gasteiger partial charge in [-0.25, -0.2) is 9.82 Å². The van der Waals surface area contributed by atoms with Gasteiger partial charge in [0.1, 0.15) is 5.82 Å². The largest absolute Gasteiger partial charge is 0.356 e. The molecular formula is C15H22FN3O. The highest BCUT2D eigenvalue weighted by Crippen LogP contribution is 2.25. The van der Waals surface area contributed by atoms with Crippen molar-refractivity contribution in [1.82, 2.24) is 16.2 Å². The van der Waals surface area contributed by atoms with Crippen molar-refractivity contribution in [2.75, 3.05) is 13.1 Å². The highest BCUT2D eigenvalue weighted by atomic mass is 19.1. The number of halogens is 1. The average Bonchev–Trinajstić information content (AvgIpc) is 2.88. The SMILES string of the molecule is CC(C)CCNC(=O)C1CNNC1c1ccc(F)cc1. The monoisotopic (exact) mass is 279 g/mol. The summed E-state index contributed by atoms with van der Waals surface area (Å²) in [4.78, 5) is 12.2. The maximum absolute atomic E-state index is 13.0. The van der Waals surface area contributed by atoms with Crippen molar-refractivity contribution in [3.05, 3.63) is 35.6 Å². The van der Waals surface area contributed by atoms with Gasteiger partial charge >= 0.3 is 0 Å². The summed E-state index contributed by atoms with van der Waals surface area (Å²) in [7, 11) is 0. The van der Waals surface area contributed by atoms with E-state index >= 15 is 0 Å². The number of carbonyl (C=O) groups is 1. The van der Waals surface area contributed by atoms with Crippen LogP contribution in [0.15, 0.2) is 24.3 Å². The topological polar surface area (TPSA) is 53.2 Å². The zero-order valence-corrected chi connectivity index (χ0v) is 11.9. The Balaban J connectivity index is 1.96. The van der Waals surface area contributed by atoms with Crippen LogP contribution in [-0.4, -0.2) is 19.0 Å². The Morgan fingerprint density at radius 1 is 1.40 bits per heavy atom. The van der Waals surface area contributed by atoms with Gasteiger partial charge < -0.3 is 5.32 Å². The van der Waals surface area contributed by atoms with Crippen LogP contribution >= 0.6 is 0 Å². The molecule has 1 aromatic carbocycles. The number of carbonyl (C=O) groups excluding carboxylic acids is 1. The summed E-state index contributed by atoms with van der Waals surface area (Å²) >= 11 is 0. The predicted molar refractivity (Wildman–Crippen MR) is 76.2 cm³/mol. The lowest BCUT2D eigenvalue weighted by molar-refractivity contribution is -0.124. The number of hydrogen-bond donors (Lipinski definition) is 3. The van der Waals surface area contributed by atoms with Crippen molar-refractivity contribution < 1.29 is 9.18 Å². The molecule has 2 rings (SSSR count). The van der Waals surface area contributed by atoms with Gasteiger partial charge in [-0.2, -0.15) is 0 Å². The zero-order chi connectivity index (χ0) is 14.5. The average molecular weight is 279 g/mol. The molecule has 0 bridgehead atoms. The highest BCUT2D eigenvalue weighted by molar-refractivity contribution is 5.80. The van der Waals surface area contributed by atoms with Crippen molar-refractivity contribution in [2.45, 2.75) is 26.3 Å². The lowest BCUT2D eigenvalue weighted by Gasteiger charge is -2.18. The van der Waals surface area contributed by atoms with Gasteiger partial charge in [0.2, 0.25) is 5.91 Å². The first-order valence-corrected chi connectivity index (χ1v) is 7.09. The van der Waals surface area contributed by atoms with Gasteiger partial charge in [-0.15, -0.1) is 0 Å². The zero-order valence-electron chi connectivity index (χ0n) is 11.9. The van der Waals surface area contributed by atoms with Crippen LogP contribution < -0.4 is 16.2 Å². The lowest BCUT2D eigenvalue weighted by atomic mass is 9.94. The minimum atomic E-state index is -0.266. The molecule has 0 spiro atoms. The molecule has 2 atom stereocenters. The summed E-state index contributed by atoms with van der Waals surface area (Å²) in [5.41, 5.74) is 7.02. The molecule has 0 radical (unpaired) electrons. The first-order chi connectivity index (χ1) is 9.58. The number of nitrogens with one attached hydrogen (secondary N) is 3. The van der Waals surface area contributed by atoms with Crippen LogP contribution in [0.1, 0.15) is 31.9 Å². The van der Waals surface area contributed by atoms with Gasteiger partial charge in [-0.3, -0.25) is 10.2 Å². The molecule has 0 aromatic heterocycles. The summed E-state index contributed by atoms with van der Waals surface area (Å²) in [6.45, 7) is 5.54. The molecule has 1 fully saturated rings. The lowest BCUT2D eigenvalue weighted by Crippen LogP contribution is -2.35. The Hall–Kier alpha value is -1.46. The normalized spacial score (nSPS) is 22.2. The Morgan fingerprint density at radius 2 is 2.10 bits per heavy atom. The Labute approximate surface area is 119 Å². The Morgan fingerprint density at radius 3 is 2.75 bits per heavy atom. The van der Waals surface area contributed by atoms with Gasteiger partial charge in [0.15, 0.2) is 0 Å². The molecule has 110 valence electrons. The quantitative estimate of drug-likeness (QED) is 0.770. The molecule has 4 nitrogen and oxygen atoms in total. The van der Waals surface area contributed by atoms with Crippen molar-refractivity contribution >= 4 is 5.91 Å². The van der Waals surface area contributed by atoms with Gasteiger partial charge in [-0.1, -0.05) is 26.0 Å². The Kier molecular flexibility index (Phi) is 5.09. The van der Waals surface area contributed by atoms with E-state index in [0.717, 1.165) is 12.0 Å². The van der Waals surface area contributed by atoms with Crippen LogP contribution in [0.25, 0.3) is 0 Å². The molecule has 0 aliphatic carbocycles. The summed E-state index contributed by atoms with van der Waals surface area (Å²) in [6.07, 6.45) is 0.973. The van der Waals surface area contributed by atoms with E-state index in [9.17, 15) is 9.18 Å². The molecule has 3 N–H and O–H groups in total. The van der Waals surface area contributed by atoms with Crippen LogP contribution in [0.3, 0.4) is 0 Å². The van der Waals surface area contributed by atoms with Gasteiger partial charge in [-0.05, 0) is 30.0 Å². The second-order valence-electron chi connectivity index (χ2n) is 5.63. The second-order valence-corrected chi connectivity index (χ2v) is 5.63. The van der Waals surface area contributed by atoms with E-state index in [-0.39, 0.29) is 23.7 Å². The van der Waals surface area contributed by atoms with Crippen LogP contribution in [0.2, 0.25) is 0 Å². The molecule has 1 amide bonds. The van der Waals surface area contributed by atoms with E-state index in [1.165, 1.54) is 12.1 Å². The van der Waals surface area contributed by atoms with Crippen LogP contribution in [0.4, 0.5) is 4.39 Å². The number of hydrazine groups is 1. The van der Waals surface area contributed by atoms with Crippen molar-refractivity contribution in [1.29, 1.82) is 0 Å². The van der Waals surface area contributed by atoms with Crippen molar-refractivity contribution in [3.63, 3.8) is 0 Å². The fourth-order valence-corrected chi connectivity index (χ4v) is 2.34. The number of amides is 1. The fraction of sp³-hybridized carbons (Fsp3) is 0.533. The minimum Gasteiger partial charge on any atom is -0.356 e. The van der Waals surface area contributed by atoms with Crippen LogP contribution in [0.5, 0.6) is 0 Å². The van der Waals surface area contributed by atoms with Gasteiger partial charge in [0, 0.05) is 13.1 Å². The molecular weight excluding hydrogens is 257 g/mol. The Bertz CT molecular complexity index is 447. The molecule has 1 heterocycles. The van der Waals surface area contributed by atoms with Gasteiger partial charge in [0.25, 0.3) is 0 Å². The van der Waals surface area contributed by atoms with E-state index in [4.69, 9.17) is 0 Å². The number of hydrogen-bond acceptors (Lipinski definition) is 3. The van der Waals surface area contributed by atoms with E-state index in [1.54, 1.807) is 12.1 Å². The van der Waals surface area contributed by atoms with E-state index in [2.05, 4.69) is 30.0 Å². The maximum atomic E-state index is 13.0. The number of rotatable bonds is 5. The van der Waals surface area contributed by atoms with Gasteiger partial charge in [0.05, 0.1) is 12.0 Å². The smallest absolute Gasteiger partial charge is 0.226 e. The van der Waals surface area contributed by atoms with Crippen LogP contribution in [-0.2, 0) is 4.79 Å². The third kappa shape index (κ3) is 3.77. The molecule has 5 heteroatoms.